The molecule has 0 bridgehead atoms. The highest BCUT2D eigenvalue weighted by molar-refractivity contribution is 9.10. The smallest absolute Gasteiger partial charge is 0.253 e. The minimum atomic E-state index is -0.0644. The number of aryl methyl sites for hydroxylation is 1. The summed E-state index contributed by atoms with van der Waals surface area (Å²) in [6.07, 6.45) is 0.748. The summed E-state index contributed by atoms with van der Waals surface area (Å²) in [5.74, 6) is 0.0486. The van der Waals surface area contributed by atoms with Gasteiger partial charge in [-0.25, -0.2) is 0 Å². The Morgan fingerprint density at radius 2 is 2.05 bits per heavy atom. The van der Waals surface area contributed by atoms with Gasteiger partial charge in [0.25, 0.3) is 5.91 Å². The van der Waals surface area contributed by atoms with Crippen LogP contribution in [0.25, 0.3) is 0 Å². The van der Waals surface area contributed by atoms with Crippen LogP contribution in [0.3, 0.4) is 0 Å². The van der Waals surface area contributed by atoms with E-state index in [1.165, 1.54) is 0 Å². The number of rotatable bonds is 2. The molecule has 2 amide bonds. The molecule has 1 aliphatic heterocycles. The lowest BCUT2D eigenvalue weighted by Crippen LogP contribution is -2.34. The zero-order valence-corrected chi connectivity index (χ0v) is 13.6. The third-order valence-electron chi connectivity index (χ3n) is 3.67. The average Bonchev–Trinajstić information content (AvgIpc) is 2.89. The summed E-state index contributed by atoms with van der Waals surface area (Å²) in [5.41, 5.74) is 1.72. The molecule has 0 aromatic heterocycles. The highest BCUT2D eigenvalue weighted by Crippen LogP contribution is 2.22. The minimum absolute atomic E-state index is 0.00894. The van der Waals surface area contributed by atoms with Crippen molar-refractivity contribution >= 4 is 27.7 Å². The van der Waals surface area contributed by atoms with Crippen molar-refractivity contribution in [3.63, 3.8) is 0 Å². The fourth-order valence-electron chi connectivity index (χ4n) is 2.47. The first-order valence-corrected chi connectivity index (χ1v) is 7.46. The maximum atomic E-state index is 12.4. The lowest BCUT2D eigenvalue weighted by atomic mass is 10.1. The molecule has 0 radical (unpaired) electrons. The summed E-state index contributed by atoms with van der Waals surface area (Å²) in [5, 5.41) is 0. The molecule has 4 nitrogen and oxygen atoms in total. The van der Waals surface area contributed by atoms with E-state index in [1.807, 2.05) is 25.1 Å². The molecule has 0 saturated carbocycles. The van der Waals surface area contributed by atoms with Gasteiger partial charge in [-0.2, -0.15) is 0 Å². The molecule has 1 unspecified atom stereocenters. The third kappa shape index (κ3) is 3.03. The minimum Gasteiger partial charge on any atom is -0.349 e. The van der Waals surface area contributed by atoms with E-state index < -0.39 is 0 Å². The normalized spacial score (nSPS) is 18.2. The van der Waals surface area contributed by atoms with Crippen LogP contribution < -0.4 is 0 Å². The molecule has 0 N–H and O–H groups in total. The van der Waals surface area contributed by atoms with Gasteiger partial charge in [-0.05, 0) is 37.1 Å². The molecule has 1 aromatic carbocycles. The Morgan fingerprint density at radius 1 is 1.35 bits per heavy atom. The van der Waals surface area contributed by atoms with E-state index in [9.17, 15) is 9.59 Å². The maximum Gasteiger partial charge on any atom is 0.253 e. The summed E-state index contributed by atoms with van der Waals surface area (Å²) < 4.78 is 0.996. The number of benzene rings is 1. The second-order valence-corrected chi connectivity index (χ2v) is 6.29. The van der Waals surface area contributed by atoms with Gasteiger partial charge in [0.05, 0.1) is 5.92 Å². The first-order valence-electron chi connectivity index (χ1n) is 6.66. The maximum absolute atomic E-state index is 12.4. The van der Waals surface area contributed by atoms with Crippen LogP contribution in [0.1, 0.15) is 22.3 Å². The highest BCUT2D eigenvalue weighted by atomic mass is 79.9. The standard InChI is InChI=1S/C15H19BrN2O2/c1-10-8-11(4-5-13(10)16)15(20)18-7-6-12(9-18)14(19)17(2)3/h4-5,8,12H,6-7,9H2,1-3H3. The Balaban J connectivity index is 2.08. The summed E-state index contributed by atoms with van der Waals surface area (Å²) in [7, 11) is 3.51. The molecule has 1 aromatic rings. The first kappa shape index (κ1) is 15.0. The van der Waals surface area contributed by atoms with E-state index in [-0.39, 0.29) is 17.7 Å². The Bertz CT molecular complexity index is 543. The second-order valence-electron chi connectivity index (χ2n) is 5.43. The van der Waals surface area contributed by atoms with Gasteiger partial charge < -0.3 is 9.80 Å². The van der Waals surface area contributed by atoms with Crippen LogP contribution in [0.4, 0.5) is 0 Å². The number of hydrogen-bond donors (Lipinski definition) is 0. The predicted molar refractivity (Wildman–Crippen MR) is 81.6 cm³/mol. The van der Waals surface area contributed by atoms with Crippen LogP contribution in [-0.2, 0) is 4.79 Å². The topological polar surface area (TPSA) is 40.6 Å². The average molecular weight is 339 g/mol. The Labute approximate surface area is 127 Å². The molecule has 1 heterocycles. The van der Waals surface area contributed by atoms with Gasteiger partial charge in [0.2, 0.25) is 5.91 Å². The number of nitrogens with zero attached hydrogens (tertiary/aromatic N) is 2. The summed E-state index contributed by atoms with van der Waals surface area (Å²) in [6, 6.07) is 5.59. The van der Waals surface area contributed by atoms with Crippen LogP contribution in [0.15, 0.2) is 22.7 Å². The monoisotopic (exact) mass is 338 g/mol. The van der Waals surface area contributed by atoms with E-state index in [0.29, 0.717) is 18.7 Å². The van der Waals surface area contributed by atoms with Gasteiger partial charge in [-0.15, -0.1) is 0 Å². The van der Waals surface area contributed by atoms with Crippen molar-refractivity contribution in [2.45, 2.75) is 13.3 Å². The second kappa shape index (κ2) is 5.95. The van der Waals surface area contributed by atoms with Gasteiger partial charge in [0.15, 0.2) is 0 Å². The summed E-state index contributed by atoms with van der Waals surface area (Å²) in [6.45, 7) is 3.13. The number of amides is 2. The molecule has 1 atom stereocenters. The third-order valence-corrected chi connectivity index (χ3v) is 4.56. The van der Waals surface area contributed by atoms with Crippen molar-refractivity contribution in [2.24, 2.45) is 5.92 Å². The molecular weight excluding hydrogens is 320 g/mol. The fourth-order valence-corrected chi connectivity index (χ4v) is 2.72. The molecule has 5 heteroatoms. The largest absolute Gasteiger partial charge is 0.349 e. The van der Waals surface area contributed by atoms with Gasteiger partial charge in [-0.3, -0.25) is 9.59 Å². The van der Waals surface area contributed by atoms with Gasteiger partial charge in [0.1, 0.15) is 0 Å². The first-order chi connectivity index (χ1) is 9.40. The van der Waals surface area contributed by atoms with Crippen molar-refractivity contribution in [2.75, 3.05) is 27.2 Å². The Hall–Kier alpha value is -1.36. The quantitative estimate of drug-likeness (QED) is 0.830. The van der Waals surface area contributed by atoms with Gasteiger partial charge in [0, 0.05) is 37.2 Å². The number of halogens is 1. The lowest BCUT2D eigenvalue weighted by Gasteiger charge is -2.18. The van der Waals surface area contributed by atoms with Crippen LogP contribution in [0, 0.1) is 12.8 Å². The van der Waals surface area contributed by atoms with Crippen molar-refractivity contribution in [1.82, 2.24) is 9.80 Å². The number of carbonyl (C=O) groups is 2. The fraction of sp³-hybridized carbons (Fsp3) is 0.467. The summed E-state index contributed by atoms with van der Waals surface area (Å²) in [4.78, 5) is 27.7. The SMILES string of the molecule is Cc1cc(C(=O)N2CCC(C(=O)N(C)C)C2)ccc1Br. The van der Waals surface area contributed by atoms with Gasteiger partial charge >= 0.3 is 0 Å². The van der Waals surface area contributed by atoms with E-state index in [0.717, 1.165) is 16.5 Å². The molecule has 1 saturated heterocycles. The van der Waals surface area contributed by atoms with E-state index in [2.05, 4.69) is 15.9 Å². The van der Waals surface area contributed by atoms with Gasteiger partial charge in [-0.1, -0.05) is 15.9 Å². The summed E-state index contributed by atoms with van der Waals surface area (Å²) >= 11 is 3.43. The molecule has 0 spiro atoms. The lowest BCUT2D eigenvalue weighted by molar-refractivity contribution is -0.132. The molecule has 1 aliphatic rings. The van der Waals surface area contributed by atoms with Crippen LogP contribution in [0.5, 0.6) is 0 Å². The van der Waals surface area contributed by atoms with Crippen LogP contribution in [0.2, 0.25) is 0 Å². The highest BCUT2D eigenvalue weighted by Gasteiger charge is 2.32. The van der Waals surface area contributed by atoms with E-state index in [1.54, 1.807) is 23.9 Å². The molecule has 20 heavy (non-hydrogen) atoms. The zero-order chi connectivity index (χ0) is 14.9. The zero-order valence-electron chi connectivity index (χ0n) is 12.0. The van der Waals surface area contributed by atoms with E-state index in [4.69, 9.17) is 0 Å². The van der Waals surface area contributed by atoms with E-state index >= 15 is 0 Å². The van der Waals surface area contributed by atoms with Crippen LogP contribution in [-0.4, -0.2) is 48.8 Å². The van der Waals surface area contributed by atoms with Crippen molar-refractivity contribution < 1.29 is 9.59 Å². The Morgan fingerprint density at radius 3 is 2.65 bits per heavy atom. The number of hydrogen-bond acceptors (Lipinski definition) is 2. The van der Waals surface area contributed by atoms with Crippen molar-refractivity contribution in [3.05, 3.63) is 33.8 Å². The number of carbonyl (C=O) groups excluding carboxylic acids is 2. The van der Waals surface area contributed by atoms with Crippen molar-refractivity contribution in [1.29, 1.82) is 0 Å². The molecule has 1 fully saturated rings. The Kier molecular flexibility index (Phi) is 4.48. The molecular formula is C15H19BrN2O2. The van der Waals surface area contributed by atoms with Crippen molar-refractivity contribution in [3.8, 4) is 0 Å². The predicted octanol–water partition coefficient (Wildman–Crippen LogP) is 2.31. The molecule has 0 aliphatic carbocycles. The number of likely N-dealkylation sites (tertiary alicyclic amines) is 1. The van der Waals surface area contributed by atoms with Crippen LogP contribution >= 0.6 is 15.9 Å². The molecule has 108 valence electrons. The molecule has 2 rings (SSSR count).